The van der Waals surface area contributed by atoms with E-state index in [-0.39, 0.29) is 35.7 Å². The standard InChI is InChI=1S/C17H21F3N6O2/c1-16(2,3)28-15(27)26-9-4-5-11(26)10(8-9)22-12-13-23-24-14(17(18,19)20)25(13)7-6-21-12/h6-7,9-11H,4-5,8H2,1-3H3,(H,21,22)/t9-,10-,11+/m1/s1. The first-order valence-electron chi connectivity index (χ1n) is 9.09. The number of nitrogens with zero attached hydrogens (tertiary/aromatic N) is 5. The zero-order valence-electron chi connectivity index (χ0n) is 15.7. The lowest BCUT2D eigenvalue weighted by molar-refractivity contribution is -0.145. The number of carbonyl (C=O) groups excluding carboxylic acids is 1. The van der Waals surface area contributed by atoms with Crippen LogP contribution in [-0.2, 0) is 10.9 Å². The SMILES string of the molecule is CC(C)(C)OC(=O)N1[C@@H]2CC[C@H]1[C@H](Nc1nccn3c(C(F)(F)F)nnc13)C2. The van der Waals surface area contributed by atoms with Gasteiger partial charge in [-0.1, -0.05) is 0 Å². The van der Waals surface area contributed by atoms with Crippen molar-refractivity contribution >= 4 is 17.6 Å². The summed E-state index contributed by atoms with van der Waals surface area (Å²) in [7, 11) is 0. The van der Waals surface area contributed by atoms with E-state index in [1.807, 2.05) is 20.8 Å². The first-order valence-corrected chi connectivity index (χ1v) is 9.09. The van der Waals surface area contributed by atoms with Crippen LogP contribution in [0.15, 0.2) is 12.4 Å². The molecular formula is C17H21F3N6O2. The number of alkyl halides is 3. The normalized spacial score (nSPS) is 24.8. The van der Waals surface area contributed by atoms with Gasteiger partial charge < -0.3 is 15.0 Å². The maximum Gasteiger partial charge on any atom is 0.452 e. The topological polar surface area (TPSA) is 84.7 Å². The average Bonchev–Trinajstić information content (AvgIpc) is 3.24. The molecule has 152 valence electrons. The van der Waals surface area contributed by atoms with Crippen LogP contribution in [0.4, 0.5) is 23.8 Å². The summed E-state index contributed by atoms with van der Waals surface area (Å²) in [5, 5.41) is 10.1. The molecule has 0 spiro atoms. The smallest absolute Gasteiger partial charge is 0.444 e. The van der Waals surface area contributed by atoms with Gasteiger partial charge in [-0.2, -0.15) is 13.2 Å². The minimum absolute atomic E-state index is 0.00131. The Morgan fingerprint density at radius 2 is 2.00 bits per heavy atom. The molecule has 28 heavy (non-hydrogen) atoms. The first kappa shape index (κ1) is 18.8. The van der Waals surface area contributed by atoms with E-state index in [2.05, 4.69) is 20.5 Å². The molecule has 1 amide bonds. The van der Waals surface area contributed by atoms with Crippen molar-refractivity contribution in [1.82, 2.24) is 24.5 Å². The number of hydrogen-bond acceptors (Lipinski definition) is 6. The van der Waals surface area contributed by atoms with Crippen LogP contribution in [0.3, 0.4) is 0 Å². The van der Waals surface area contributed by atoms with Crippen LogP contribution in [0, 0.1) is 0 Å². The summed E-state index contributed by atoms with van der Waals surface area (Å²) in [6.45, 7) is 5.44. The van der Waals surface area contributed by atoms with Crippen molar-refractivity contribution in [3.63, 3.8) is 0 Å². The minimum Gasteiger partial charge on any atom is -0.444 e. The van der Waals surface area contributed by atoms with Crippen LogP contribution in [-0.4, -0.2) is 54.3 Å². The highest BCUT2D eigenvalue weighted by molar-refractivity contribution is 5.71. The summed E-state index contributed by atoms with van der Waals surface area (Å²) in [6.07, 6.45) is -0.180. The Labute approximate surface area is 159 Å². The van der Waals surface area contributed by atoms with E-state index in [1.165, 1.54) is 12.4 Å². The lowest BCUT2D eigenvalue weighted by Crippen LogP contribution is -2.42. The molecule has 0 unspecified atom stereocenters. The van der Waals surface area contributed by atoms with E-state index in [1.54, 1.807) is 4.90 Å². The van der Waals surface area contributed by atoms with E-state index in [9.17, 15) is 18.0 Å². The summed E-state index contributed by atoms with van der Waals surface area (Å²) in [6, 6.07) is -0.205. The van der Waals surface area contributed by atoms with Gasteiger partial charge in [-0.3, -0.25) is 4.40 Å². The summed E-state index contributed by atoms with van der Waals surface area (Å²) < 4.78 is 45.6. The second-order valence-electron chi connectivity index (χ2n) is 8.16. The van der Waals surface area contributed by atoms with Crippen molar-refractivity contribution in [2.24, 2.45) is 0 Å². The highest BCUT2D eigenvalue weighted by Gasteiger charge is 2.50. The monoisotopic (exact) mass is 398 g/mol. The molecule has 4 rings (SSSR count). The van der Waals surface area contributed by atoms with Crippen LogP contribution < -0.4 is 5.32 Å². The number of amides is 1. The highest BCUT2D eigenvalue weighted by Crippen LogP contribution is 2.40. The average molecular weight is 398 g/mol. The lowest BCUT2D eigenvalue weighted by Gasteiger charge is -2.28. The molecule has 2 bridgehead atoms. The number of fused-ring (bicyclic) bond motifs is 3. The van der Waals surface area contributed by atoms with Crippen LogP contribution in [0.25, 0.3) is 5.65 Å². The van der Waals surface area contributed by atoms with E-state index in [4.69, 9.17) is 4.74 Å². The number of rotatable bonds is 2. The van der Waals surface area contributed by atoms with Gasteiger partial charge >= 0.3 is 12.3 Å². The highest BCUT2D eigenvalue weighted by atomic mass is 19.4. The van der Waals surface area contributed by atoms with Crippen molar-refractivity contribution in [2.75, 3.05) is 5.32 Å². The predicted octanol–water partition coefficient (Wildman–Crippen LogP) is 3.10. The van der Waals surface area contributed by atoms with Gasteiger partial charge in [0.2, 0.25) is 11.5 Å². The molecule has 1 N–H and O–H groups in total. The molecule has 0 aliphatic carbocycles. The molecule has 0 saturated carbocycles. The molecule has 2 aromatic heterocycles. The molecule has 0 aromatic carbocycles. The van der Waals surface area contributed by atoms with E-state index in [0.717, 1.165) is 17.2 Å². The third-order valence-corrected chi connectivity index (χ3v) is 5.04. The molecule has 3 atom stereocenters. The Bertz CT molecular complexity index is 906. The maximum absolute atomic E-state index is 13.1. The predicted molar refractivity (Wildman–Crippen MR) is 92.7 cm³/mol. The number of ether oxygens (including phenoxy) is 1. The molecule has 8 nitrogen and oxygen atoms in total. The molecule has 11 heteroatoms. The zero-order valence-corrected chi connectivity index (χ0v) is 15.7. The Kier molecular flexibility index (Phi) is 4.16. The van der Waals surface area contributed by atoms with Crippen molar-refractivity contribution in [3.8, 4) is 0 Å². The van der Waals surface area contributed by atoms with Crippen molar-refractivity contribution in [1.29, 1.82) is 0 Å². The molecule has 2 aliphatic heterocycles. The molecule has 2 aromatic rings. The minimum atomic E-state index is -4.61. The second-order valence-corrected chi connectivity index (χ2v) is 8.16. The fourth-order valence-corrected chi connectivity index (χ4v) is 4.04. The lowest BCUT2D eigenvalue weighted by atomic mass is 9.95. The van der Waals surface area contributed by atoms with Crippen molar-refractivity contribution in [3.05, 3.63) is 18.2 Å². The van der Waals surface area contributed by atoms with E-state index < -0.39 is 17.6 Å². The van der Waals surface area contributed by atoms with Crippen LogP contribution in [0.1, 0.15) is 45.9 Å². The zero-order chi connectivity index (χ0) is 20.3. The summed E-state index contributed by atoms with van der Waals surface area (Å²) in [4.78, 5) is 18.4. The third kappa shape index (κ3) is 3.22. The van der Waals surface area contributed by atoms with E-state index >= 15 is 0 Å². The Balaban J connectivity index is 1.56. The molecule has 2 aliphatic rings. The van der Waals surface area contributed by atoms with Gasteiger partial charge in [0, 0.05) is 18.4 Å². The first-order chi connectivity index (χ1) is 13.0. The largest absolute Gasteiger partial charge is 0.452 e. The molecule has 4 heterocycles. The van der Waals surface area contributed by atoms with Gasteiger partial charge in [0.25, 0.3) is 0 Å². The van der Waals surface area contributed by atoms with Gasteiger partial charge in [0.15, 0.2) is 5.82 Å². The molecule has 0 radical (unpaired) electrons. The van der Waals surface area contributed by atoms with Crippen LogP contribution in [0.5, 0.6) is 0 Å². The number of halogens is 3. The van der Waals surface area contributed by atoms with Gasteiger partial charge in [0.05, 0.1) is 12.1 Å². The number of anilines is 1. The van der Waals surface area contributed by atoms with Crippen LogP contribution >= 0.6 is 0 Å². The van der Waals surface area contributed by atoms with Crippen molar-refractivity contribution in [2.45, 2.75) is 69.9 Å². The number of hydrogen-bond donors (Lipinski definition) is 1. The van der Waals surface area contributed by atoms with Gasteiger partial charge in [-0.15, -0.1) is 10.2 Å². The quantitative estimate of drug-likeness (QED) is 0.837. The Morgan fingerprint density at radius 1 is 1.25 bits per heavy atom. The molecule has 2 saturated heterocycles. The van der Waals surface area contributed by atoms with Crippen LogP contribution in [0.2, 0.25) is 0 Å². The fraction of sp³-hybridized carbons (Fsp3) is 0.647. The second kappa shape index (κ2) is 6.21. The van der Waals surface area contributed by atoms with Gasteiger partial charge in [-0.25, -0.2) is 9.78 Å². The fourth-order valence-electron chi connectivity index (χ4n) is 4.04. The van der Waals surface area contributed by atoms with E-state index in [0.29, 0.717) is 6.42 Å². The van der Waals surface area contributed by atoms with Gasteiger partial charge in [-0.05, 0) is 40.0 Å². The number of aromatic nitrogens is 4. The number of carbonyl (C=O) groups is 1. The molecule has 2 fully saturated rings. The Morgan fingerprint density at radius 3 is 2.68 bits per heavy atom. The Hall–Kier alpha value is -2.59. The summed E-state index contributed by atoms with van der Waals surface area (Å²) >= 11 is 0. The summed E-state index contributed by atoms with van der Waals surface area (Å²) in [5.74, 6) is -0.886. The van der Waals surface area contributed by atoms with Crippen molar-refractivity contribution < 1.29 is 22.7 Å². The molecular weight excluding hydrogens is 377 g/mol. The third-order valence-electron chi connectivity index (χ3n) is 5.04. The number of nitrogens with one attached hydrogen (secondary N) is 1. The summed E-state index contributed by atoms with van der Waals surface area (Å²) in [5.41, 5.74) is -0.591. The van der Waals surface area contributed by atoms with Gasteiger partial charge in [0.1, 0.15) is 5.60 Å². The maximum atomic E-state index is 13.1.